The normalized spacial score (nSPS) is 14.1. The van der Waals surface area contributed by atoms with Crippen molar-refractivity contribution in [3.63, 3.8) is 0 Å². The topological polar surface area (TPSA) is 81.8 Å². The van der Waals surface area contributed by atoms with Gasteiger partial charge in [0, 0.05) is 30.1 Å². The number of carbonyl (C=O) groups excluding carboxylic acids is 2. The lowest BCUT2D eigenvalue weighted by Gasteiger charge is -2.21. The van der Waals surface area contributed by atoms with Gasteiger partial charge >= 0.3 is 0 Å². The van der Waals surface area contributed by atoms with Crippen molar-refractivity contribution >= 4 is 28.9 Å². The molecule has 0 bridgehead atoms. The van der Waals surface area contributed by atoms with E-state index in [4.69, 9.17) is 10.5 Å². The van der Waals surface area contributed by atoms with E-state index in [1.165, 1.54) is 6.92 Å². The average molecular weight is 467 g/mol. The number of rotatable bonds is 13. The van der Waals surface area contributed by atoms with Crippen molar-refractivity contribution in [1.82, 2.24) is 0 Å². The van der Waals surface area contributed by atoms with Crippen LogP contribution in [0.2, 0.25) is 0 Å². The molecule has 1 aromatic rings. The smallest absolute Gasteiger partial charge is 0.189 e. The number of ether oxygens (including phenoxy) is 1. The number of ketones is 2. The Morgan fingerprint density at radius 3 is 2.32 bits per heavy atom. The predicted molar refractivity (Wildman–Crippen MR) is 144 cm³/mol. The lowest BCUT2D eigenvalue weighted by atomic mass is 9.85. The van der Waals surface area contributed by atoms with Crippen LogP contribution < -0.4 is 10.5 Å². The summed E-state index contributed by atoms with van der Waals surface area (Å²) in [6, 6.07) is 4.06. The van der Waals surface area contributed by atoms with Gasteiger partial charge in [0.05, 0.1) is 12.7 Å². The highest BCUT2D eigenvalue weighted by atomic mass is 16.5. The second-order valence-corrected chi connectivity index (χ2v) is 9.10. The number of hydrogen-bond donors (Lipinski definition) is 1. The quantitative estimate of drug-likeness (QED) is 0.123. The highest BCUT2D eigenvalue weighted by Gasteiger charge is 2.19. The SMILES string of the molecule is C/C=C(/C(C)=O)C(=O)/C=C(\C)c1cc(OC)c(C(C=NCCCC)=CN)cc1CC(C)C(C)C. The Morgan fingerprint density at radius 1 is 1.15 bits per heavy atom. The Labute approximate surface area is 205 Å². The fourth-order valence-corrected chi connectivity index (χ4v) is 3.62. The molecule has 0 heterocycles. The largest absolute Gasteiger partial charge is 0.496 e. The molecule has 0 saturated carbocycles. The van der Waals surface area contributed by atoms with Crippen LogP contribution in [0.25, 0.3) is 11.1 Å². The van der Waals surface area contributed by atoms with E-state index in [0.717, 1.165) is 53.6 Å². The molecule has 186 valence electrons. The number of Topliss-reactive ketones (excluding diaryl/α,β-unsaturated/α-hetero) is 1. The molecule has 0 aromatic heterocycles. The van der Waals surface area contributed by atoms with E-state index in [-0.39, 0.29) is 17.1 Å². The van der Waals surface area contributed by atoms with Crippen LogP contribution in [0, 0.1) is 11.8 Å². The van der Waals surface area contributed by atoms with Gasteiger partial charge in [0.2, 0.25) is 0 Å². The average Bonchev–Trinajstić information content (AvgIpc) is 2.79. The third kappa shape index (κ3) is 8.12. The zero-order chi connectivity index (χ0) is 25.8. The maximum atomic E-state index is 12.7. The number of allylic oxidation sites excluding steroid dienone is 5. The number of nitrogens with two attached hydrogens (primary N) is 1. The molecule has 0 aliphatic carbocycles. The number of methoxy groups -OCH3 is 1. The molecule has 0 amide bonds. The number of hydrogen-bond acceptors (Lipinski definition) is 5. The molecule has 5 nitrogen and oxygen atoms in total. The van der Waals surface area contributed by atoms with Gasteiger partial charge in [-0.25, -0.2) is 0 Å². The Balaban J connectivity index is 3.65. The summed E-state index contributed by atoms with van der Waals surface area (Å²) < 4.78 is 5.73. The summed E-state index contributed by atoms with van der Waals surface area (Å²) in [5, 5.41) is 0. The van der Waals surface area contributed by atoms with Gasteiger partial charge in [0.15, 0.2) is 11.6 Å². The first-order valence-electron chi connectivity index (χ1n) is 12.1. The predicted octanol–water partition coefficient (Wildman–Crippen LogP) is 6.21. The monoisotopic (exact) mass is 466 g/mol. The first kappa shape index (κ1) is 29.1. The minimum Gasteiger partial charge on any atom is -0.496 e. The van der Waals surface area contributed by atoms with E-state index in [9.17, 15) is 9.59 Å². The molecule has 34 heavy (non-hydrogen) atoms. The zero-order valence-electron chi connectivity index (χ0n) is 22.2. The van der Waals surface area contributed by atoms with E-state index >= 15 is 0 Å². The summed E-state index contributed by atoms with van der Waals surface area (Å²) >= 11 is 0. The Hall–Kier alpha value is -2.95. The summed E-state index contributed by atoms with van der Waals surface area (Å²) in [5.74, 6) is 1.06. The molecule has 1 unspecified atom stereocenters. The van der Waals surface area contributed by atoms with Gasteiger partial charge in [0.1, 0.15) is 5.75 Å². The van der Waals surface area contributed by atoms with Gasteiger partial charge in [-0.2, -0.15) is 0 Å². The molecule has 1 rings (SSSR count). The molecule has 0 aliphatic rings. The number of carbonyl (C=O) groups is 2. The first-order valence-corrected chi connectivity index (χ1v) is 12.1. The van der Waals surface area contributed by atoms with Crippen molar-refractivity contribution in [3.8, 4) is 5.75 Å². The molecule has 0 radical (unpaired) electrons. The van der Waals surface area contributed by atoms with E-state index in [2.05, 4.69) is 38.8 Å². The van der Waals surface area contributed by atoms with Gasteiger partial charge in [-0.15, -0.1) is 0 Å². The molecule has 0 aliphatic heterocycles. The Kier molecular flexibility index (Phi) is 12.3. The summed E-state index contributed by atoms with van der Waals surface area (Å²) in [6.45, 7) is 14.5. The summed E-state index contributed by atoms with van der Waals surface area (Å²) in [7, 11) is 1.62. The number of aliphatic imine (C=N–C) groups is 1. The minimum absolute atomic E-state index is 0.191. The third-order valence-corrected chi connectivity index (χ3v) is 6.17. The van der Waals surface area contributed by atoms with Crippen molar-refractivity contribution in [1.29, 1.82) is 0 Å². The molecule has 0 fully saturated rings. The summed E-state index contributed by atoms with van der Waals surface area (Å²) in [5.41, 5.74) is 10.7. The van der Waals surface area contributed by atoms with E-state index in [1.807, 2.05) is 13.0 Å². The van der Waals surface area contributed by atoms with Crippen LogP contribution >= 0.6 is 0 Å². The van der Waals surface area contributed by atoms with Crippen LogP contribution in [0.1, 0.15) is 78.0 Å². The third-order valence-electron chi connectivity index (χ3n) is 6.17. The van der Waals surface area contributed by atoms with Gasteiger partial charge in [0.25, 0.3) is 0 Å². The first-order chi connectivity index (χ1) is 16.1. The number of nitrogens with zero attached hydrogens (tertiary/aromatic N) is 1. The van der Waals surface area contributed by atoms with Gasteiger partial charge in [-0.05, 0) is 80.4 Å². The van der Waals surface area contributed by atoms with Crippen LogP contribution in [-0.2, 0) is 16.0 Å². The molecular formula is C29H42N2O3. The molecule has 1 aromatic carbocycles. The number of unbranched alkanes of at least 4 members (excludes halogenated alkanes) is 1. The highest BCUT2D eigenvalue weighted by molar-refractivity contribution is 6.24. The van der Waals surface area contributed by atoms with Crippen LogP contribution in [-0.4, -0.2) is 31.4 Å². The van der Waals surface area contributed by atoms with Crippen LogP contribution in [0.15, 0.2) is 41.1 Å². The van der Waals surface area contributed by atoms with Crippen LogP contribution in [0.5, 0.6) is 5.75 Å². The van der Waals surface area contributed by atoms with Gasteiger partial charge in [-0.1, -0.05) is 40.2 Å². The van der Waals surface area contributed by atoms with Crippen molar-refractivity contribution in [3.05, 3.63) is 52.7 Å². The van der Waals surface area contributed by atoms with Crippen molar-refractivity contribution in [2.45, 2.75) is 67.7 Å². The standard InChI is InChI=1S/C29H42N2O3/c1-9-11-12-31-18-24(17-30)27-15-23(13-20(5)19(3)4)26(16-29(27)34-8)21(6)14-28(33)25(10-2)22(7)32/h10,14-20H,9,11-13,30H2,1-8H3/b21-14+,24-17?,25-10-,31-18?. The van der Waals surface area contributed by atoms with Crippen molar-refractivity contribution in [2.24, 2.45) is 22.6 Å². The molecular weight excluding hydrogens is 424 g/mol. The lowest BCUT2D eigenvalue weighted by Crippen LogP contribution is -2.11. The highest BCUT2D eigenvalue weighted by Crippen LogP contribution is 2.34. The molecule has 5 heteroatoms. The summed E-state index contributed by atoms with van der Waals surface area (Å²) in [6.07, 6.45) is 9.40. The van der Waals surface area contributed by atoms with Crippen LogP contribution in [0.4, 0.5) is 0 Å². The zero-order valence-corrected chi connectivity index (χ0v) is 22.2. The maximum absolute atomic E-state index is 12.7. The molecule has 1 atom stereocenters. The van der Waals surface area contributed by atoms with E-state index in [0.29, 0.717) is 17.6 Å². The van der Waals surface area contributed by atoms with E-state index < -0.39 is 0 Å². The second kappa shape index (κ2) is 14.3. The Bertz CT molecular complexity index is 981. The lowest BCUT2D eigenvalue weighted by molar-refractivity contribution is -0.118. The van der Waals surface area contributed by atoms with Crippen molar-refractivity contribution < 1.29 is 14.3 Å². The van der Waals surface area contributed by atoms with E-state index in [1.54, 1.807) is 38.6 Å². The van der Waals surface area contributed by atoms with Crippen LogP contribution in [0.3, 0.4) is 0 Å². The Morgan fingerprint density at radius 2 is 1.82 bits per heavy atom. The van der Waals surface area contributed by atoms with Gasteiger partial charge in [-0.3, -0.25) is 14.6 Å². The fourth-order valence-electron chi connectivity index (χ4n) is 3.62. The van der Waals surface area contributed by atoms with Gasteiger partial charge < -0.3 is 10.5 Å². The fraction of sp³-hybridized carbons (Fsp3) is 0.483. The van der Waals surface area contributed by atoms with Crippen molar-refractivity contribution in [2.75, 3.05) is 13.7 Å². The minimum atomic E-state index is -0.288. The molecule has 0 spiro atoms. The molecule has 2 N–H and O–H groups in total. The maximum Gasteiger partial charge on any atom is 0.189 e. The molecule has 0 saturated heterocycles. The number of benzene rings is 1. The summed E-state index contributed by atoms with van der Waals surface area (Å²) in [4.78, 5) is 29.1. The second-order valence-electron chi connectivity index (χ2n) is 9.10.